The van der Waals surface area contributed by atoms with Gasteiger partial charge in [-0.05, 0) is 24.3 Å². The molecule has 1 aromatic carbocycles. The maximum absolute atomic E-state index is 11.8. The number of carbonyl (C=O) groups is 1. The van der Waals surface area contributed by atoms with Crippen LogP contribution in [0.4, 0.5) is 0 Å². The normalized spacial score (nSPS) is 9.59. The van der Waals surface area contributed by atoms with Crippen LogP contribution in [0.1, 0.15) is 21.7 Å². The molecule has 0 saturated carbocycles. The number of amides is 1. The van der Waals surface area contributed by atoms with Crippen LogP contribution in [0.3, 0.4) is 0 Å². The second kappa shape index (κ2) is 4.99. The molecule has 0 aliphatic heterocycles. The Bertz CT molecular complexity index is 553. The van der Waals surface area contributed by atoms with E-state index in [4.69, 9.17) is 9.68 Å². The summed E-state index contributed by atoms with van der Waals surface area (Å²) in [5.74, 6) is 0.395. The van der Waals surface area contributed by atoms with Gasteiger partial charge in [-0.1, -0.05) is 12.1 Å². The Morgan fingerprint density at radius 1 is 1.29 bits per heavy atom. The standard InChI is InChI=1S/C13H10N2O2/c14-8-10-4-1-2-6-12(10)13(16)15-9-11-5-3-7-17-11/h1-7H,9H2,(H,15,16). The largest absolute Gasteiger partial charge is 0.467 e. The Balaban J connectivity index is 2.08. The number of hydrogen-bond donors (Lipinski definition) is 1. The van der Waals surface area contributed by atoms with Gasteiger partial charge in [0.05, 0.1) is 30.0 Å². The number of rotatable bonds is 3. The molecule has 1 N–H and O–H groups in total. The van der Waals surface area contributed by atoms with Crippen LogP contribution in [-0.4, -0.2) is 5.91 Å². The molecular formula is C13H10N2O2. The highest BCUT2D eigenvalue weighted by Crippen LogP contribution is 2.07. The topological polar surface area (TPSA) is 66.0 Å². The van der Waals surface area contributed by atoms with Crippen LogP contribution in [0, 0.1) is 11.3 Å². The fourth-order valence-corrected chi connectivity index (χ4v) is 1.45. The number of hydrogen-bond acceptors (Lipinski definition) is 3. The predicted octanol–water partition coefficient (Wildman–Crippen LogP) is 2.08. The first-order chi connectivity index (χ1) is 8.31. The summed E-state index contributed by atoms with van der Waals surface area (Å²) in [6.45, 7) is 0.311. The second-order valence-electron chi connectivity index (χ2n) is 3.42. The van der Waals surface area contributed by atoms with Crippen molar-refractivity contribution in [2.45, 2.75) is 6.54 Å². The third-order valence-corrected chi connectivity index (χ3v) is 2.30. The molecule has 0 fully saturated rings. The van der Waals surface area contributed by atoms with Crippen molar-refractivity contribution in [1.82, 2.24) is 5.32 Å². The van der Waals surface area contributed by atoms with Gasteiger partial charge < -0.3 is 9.73 Å². The van der Waals surface area contributed by atoms with Gasteiger partial charge in [0.25, 0.3) is 5.91 Å². The van der Waals surface area contributed by atoms with Crippen molar-refractivity contribution in [1.29, 1.82) is 5.26 Å². The monoisotopic (exact) mass is 226 g/mol. The first kappa shape index (κ1) is 11.0. The minimum atomic E-state index is -0.279. The summed E-state index contributed by atoms with van der Waals surface area (Å²) in [5.41, 5.74) is 0.742. The third-order valence-electron chi connectivity index (χ3n) is 2.30. The number of nitriles is 1. The zero-order valence-electron chi connectivity index (χ0n) is 9.01. The van der Waals surface area contributed by atoms with E-state index in [2.05, 4.69) is 5.32 Å². The molecule has 0 radical (unpaired) electrons. The van der Waals surface area contributed by atoms with E-state index < -0.39 is 0 Å². The summed E-state index contributed by atoms with van der Waals surface area (Å²) in [7, 11) is 0. The number of nitrogens with one attached hydrogen (secondary N) is 1. The fourth-order valence-electron chi connectivity index (χ4n) is 1.45. The predicted molar refractivity (Wildman–Crippen MR) is 61.0 cm³/mol. The van der Waals surface area contributed by atoms with Crippen LogP contribution in [-0.2, 0) is 6.54 Å². The van der Waals surface area contributed by atoms with Crippen LogP contribution >= 0.6 is 0 Å². The number of benzene rings is 1. The highest BCUT2D eigenvalue weighted by molar-refractivity contribution is 5.96. The smallest absolute Gasteiger partial charge is 0.252 e. The van der Waals surface area contributed by atoms with Gasteiger partial charge in [0.2, 0.25) is 0 Å². The molecule has 0 bridgehead atoms. The summed E-state index contributed by atoms with van der Waals surface area (Å²) in [5, 5.41) is 11.6. The molecule has 4 heteroatoms. The van der Waals surface area contributed by atoms with Crippen LogP contribution in [0.15, 0.2) is 47.1 Å². The highest BCUT2D eigenvalue weighted by atomic mass is 16.3. The molecular weight excluding hydrogens is 216 g/mol. The Kier molecular flexibility index (Phi) is 3.22. The van der Waals surface area contributed by atoms with Crippen molar-refractivity contribution in [3.05, 3.63) is 59.5 Å². The maximum Gasteiger partial charge on any atom is 0.252 e. The first-order valence-corrected chi connectivity index (χ1v) is 5.11. The Morgan fingerprint density at radius 3 is 2.82 bits per heavy atom. The van der Waals surface area contributed by atoms with Crippen molar-refractivity contribution in [2.75, 3.05) is 0 Å². The Labute approximate surface area is 98.5 Å². The van der Waals surface area contributed by atoms with Crippen LogP contribution in [0.2, 0.25) is 0 Å². The molecule has 2 rings (SSSR count). The van der Waals surface area contributed by atoms with Crippen molar-refractivity contribution in [3.8, 4) is 6.07 Å². The van der Waals surface area contributed by atoms with Gasteiger partial charge in [-0.3, -0.25) is 4.79 Å². The molecule has 0 saturated heterocycles. The molecule has 0 unspecified atom stereocenters. The Hall–Kier alpha value is -2.54. The van der Waals surface area contributed by atoms with E-state index in [9.17, 15) is 4.79 Å². The van der Waals surface area contributed by atoms with Gasteiger partial charge in [0, 0.05) is 0 Å². The number of nitrogens with zero attached hydrogens (tertiary/aromatic N) is 1. The van der Waals surface area contributed by atoms with Gasteiger partial charge in [-0.15, -0.1) is 0 Å². The average molecular weight is 226 g/mol. The minimum absolute atomic E-state index is 0.279. The molecule has 1 aromatic heterocycles. The van der Waals surface area contributed by atoms with E-state index in [0.717, 1.165) is 0 Å². The SMILES string of the molecule is N#Cc1ccccc1C(=O)NCc1ccco1. The van der Waals surface area contributed by atoms with Gasteiger partial charge in [-0.25, -0.2) is 0 Å². The van der Waals surface area contributed by atoms with E-state index >= 15 is 0 Å². The second-order valence-corrected chi connectivity index (χ2v) is 3.42. The molecule has 17 heavy (non-hydrogen) atoms. The van der Waals surface area contributed by atoms with Crippen LogP contribution < -0.4 is 5.32 Å². The summed E-state index contributed by atoms with van der Waals surface area (Å²) in [4.78, 5) is 11.8. The third kappa shape index (κ3) is 2.52. The fraction of sp³-hybridized carbons (Fsp3) is 0.0769. The maximum atomic E-state index is 11.8. The lowest BCUT2D eigenvalue weighted by Crippen LogP contribution is -2.23. The molecule has 1 amide bonds. The molecule has 0 atom stereocenters. The van der Waals surface area contributed by atoms with E-state index in [1.54, 1.807) is 42.7 Å². The van der Waals surface area contributed by atoms with Gasteiger partial charge in [0.15, 0.2) is 0 Å². The van der Waals surface area contributed by atoms with Gasteiger partial charge in [-0.2, -0.15) is 5.26 Å². The van der Waals surface area contributed by atoms with Crippen molar-refractivity contribution in [3.63, 3.8) is 0 Å². The quantitative estimate of drug-likeness (QED) is 0.871. The molecule has 0 aliphatic rings. The molecule has 1 heterocycles. The highest BCUT2D eigenvalue weighted by Gasteiger charge is 2.10. The van der Waals surface area contributed by atoms with E-state index in [0.29, 0.717) is 23.4 Å². The van der Waals surface area contributed by atoms with Crippen molar-refractivity contribution >= 4 is 5.91 Å². The minimum Gasteiger partial charge on any atom is -0.467 e. The lowest BCUT2D eigenvalue weighted by atomic mass is 10.1. The summed E-state index contributed by atoms with van der Waals surface area (Å²) >= 11 is 0. The lowest BCUT2D eigenvalue weighted by molar-refractivity contribution is 0.0948. The summed E-state index contributed by atoms with van der Waals surface area (Å²) < 4.78 is 5.10. The van der Waals surface area contributed by atoms with Crippen molar-refractivity contribution < 1.29 is 9.21 Å². The number of carbonyl (C=O) groups excluding carboxylic acids is 1. The molecule has 84 valence electrons. The zero-order valence-corrected chi connectivity index (χ0v) is 9.01. The molecule has 4 nitrogen and oxygen atoms in total. The van der Waals surface area contributed by atoms with E-state index in [1.165, 1.54) is 0 Å². The van der Waals surface area contributed by atoms with Gasteiger partial charge in [0.1, 0.15) is 5.76 Å². The molecule has 2 aromatic rings. The van der Waals surface area contributed by atoms with E-state index in [-0.39, 0.29) is 5.91 Å². The lowest BCUT2D eigenvalue weighted by Gasteiger charge is -2.04. The Morgan fingerprint density at radius 2 is 2.12 bits per heavy atom. The molecule has 0 aliphatic carbocycles. The average Bonchev–Trinajstić information content (AvgIpc) is 2.89. The zero-order chi connectivity index (χ0) is 12.1. The van der Waals surface area contributed by atoms with Crippen LogP contribution in [0.25, 0.3) is 0 Å². The van der Waals surface area contributed by atoms with Crippen LogP contribution in [0.5, 0.6) is 0 Å². The summed E-state index contributed by atoms with van der Waals surface area (Å²) in [6, 6.07) is 12.2. The molecule has 0 spiro atoms. The van der Waals surface area contributed by atoms with Gasteiger partial charge >= 0.3 is 0 Å². The first-order valence-electron chi connectivity index (χ1n) is 5.11. The summed E-state index contributed by atoms with van der Waals surface area (Å²) in [6.07, 6.45) is 1.55. The van der Waals surface area contributed by atoms with Crippen molar-refractivity contribution in [2.24, 2.45) is 0 Å². The van der Waals surface area contributed by atoms with E-state index in [1.807, 2.05) is 6.07 Å². The number of furan rings is 1.